The number of aromatic nitrogens is 1. The van der Waals surface area contributed by atoms with Crippen LogP contribution in [0.25, 0.3) is 0 Å². The first-order valence-electron chi connectivity index (χ1n) is 5.90. The van der Waals surface area contributed by atoms with Gasteiger partial charge in [0.15, 0.2) is 0 Å². The first-order chi connectivity index (χ1) is 8.38. The van der Waals surface area contributed by atoms with Gasteiger partial charge in [0.2, 0.25) is 5.88 Å². The Kier molecular flexibility index (Phi) is 4.58. The Morgan fingerprint density at radius 2 is 2.47 bits per heavy atom. The maximum atomic E-state index is 5.43. The summed E-state index contributed by atoms with van der Waals surface area (Å²) < 4.78 is 15.8. The number of nitrogens with one attached hydrogen (secondary N) is 1. The van der Waals surface area contributed by atoms with Gasteiger partial charge in [-0.3, -0.25) is 0 Å². The van der Waals surface area contributed by atoms with Crippen LogP contribution >= 0.6 is 0 Å². The van der Waals surface area contributed by atoms with Crippen LogP contribution in [-0.2, 0) is 9.47 Å². The molecule has 2 heterocycles. The number of hydrogen-bond donors (Lipinski definition) is 1. The highest BCUT2D eigenvalue weighted by molar-refractivity contribution is 5.42. The lowest BCUT2D eigenvalue weighted by Gasteiger charge is -2.23. The average molecular weight is 238 g/mol. The van der Waals surface area contributed by atoms with E-state index < -0.39 is 0 Å². The molecule has 2 rings (SSSR count). The summed E-state index contributed by atoms with van der Waals surface area (Å²) >= 11 is 0. The fourth-order valence-electron chi connectivity index (χ4n) is 1.61. The third-order valence-electron chi connectivity index (χ3n) is 2.53. The first-order valence-corrected chi connectivity index (χ1v) is 5.90. The number of rotatable bonds is 5. The summed E-state index contributed by atoms with van der Waals surface area (Å²) in [6.07, 6.45) is 2.91. The number of anilines is 1. The molecule has 5 nitrogen and oxygen atoms in total. The van der Waals surface area contributed by atoms with Gasteiger partial charge in [0, 0.05) is 12.6 Å². The van der Waals surface area contributed by atoms with E-state index in [9.17, 15) is 0 Å². The average Bonchev–Trinajstić information content (AvgIpc) is 2.40. The SMILES string of the molecule is CCOc1ccc(NCC2CCOCO2)cn1. The van der Waals surface area contributed by atoms with E-state index in [1.807, 2.05) is 19.1 Å². The summed E-state index contributed by atoms with van der Waals surface area (Å²) in [7, 11) is 0. The van der Waals surface area contributed by atoms with E-state index in [0.717, 1.165) is 25.3 Å². The van der Waals surface area contributed by atoms with Crippen molar-refractivity contribution < 1.29 is 14.2 Å². The van der Waals surface area contributed by atoms with Crippen molar-refractivity contribution in [3.63, 3.8) is 0 Å². The Hall–Kier alpha value is -1.33. The van der Waals surface area contributed by atoms with Gasteiger partial charge >= 0.3 is 0 Å². The minimum atomic E-state index is 0.218. The quantitative estimate of drug-likeness (QED) is 0.845. The lowest BCUT2D eigenvalue weighted by molar-refractivity contribution is -0.133. The highest BCUT2D eigenvalue weighted by Gasteiger charge is 2.13. The van der Waals surface area contributed by atoms with Crippen LogP contribution in [0.2, 0.25) is 0 Å². The van der Waals surface area contributed by atoms with Gasteiger partial charge < -0.3 is 19.5 Å². The standard InChI is InChI=1S/C12H18N2O3/c1-2-16-12-4-3-10(7-14-12)13-8-11-5-6-15-9-17-11/h3-4,7,11,13H,2,5-6,8-9H2,1H3. The zero-order valence-electron chi connectivity index (χ0n) is 10.0. The van der Waals surface area contributed by atoms with Crippen LogP contribution in [0.4, 0.5) is 5.69 Å². The molecular formula is C12H18N2O3. The molecule has 0 bridgehead atoms. The highest BCUT2D eigenvalue weighted by atomic mass is 16.7. The Morgan fingerprint density at radius 3 is 3.12 bits per heavy atom. The molecule has 1 saturated heterocycles. The summed E-state index contributed by atoms with van der Waals surface area (Å²) in [5.41, 5.74) is 0.976. The molecule has 0 saturated carbocycles. The van der Waals surface area contributed by atoms with Crippen LogP contribution in [0.5, 0.6) is 5.88 Å². The lowest BCUT2D eigenvalue weighted by atomic mass is 10.2. The van der Waals surface area contributed by atoms with E-state index in [1.165, 1.54) is 0 Å². The molecule has 1 aliphatic heterocycles. The fraction of sp³-hybridized carbons (Fsp3) is 0.583. The first kappa shape index (κ1) is 12.1. The van der Waals surface area contributed by atoms with Crippen LogP contribution < -0.4 is 10.1 Å². The largest absolute Gasteiger partial charge is 0.478 e. The number of hydrogen-bond acceptors (Lipinski definition) is 5. The van der Waals surface area contributed by atoms with Crippen molar-refractivity contribution in [2.75, 3.05) is 31.9 Å². The molecule has 1 aromatic rings. The lowest BCUT2D eigenvalue weighted by Crippen LogP contribution is -2.30. The predicted molar refractivity (Wildman–Crippen MR) is 64.2 cm³/mol. The molecule has 1 N–H and O–H groups in total. The summed E-state index contributed by atoms with van der Waals surface area (Å²) in [6.45, 7) is 4.52. The van der Waals surface area contributed by atoms with E-state index >= 15 is 0 Å². The van der Waals surface area contributed by atoms with Gasteiger partial charge in [-0.25, -0.2) is 4.98 Å². The molecule has 0 aromatic carbocycles. The maximum absolute atomic E-state index is 5.43. The molecule has 1 fully saturated rings. The zero-order chi connectivity index (χ0) is 11.9. The van der Waals surface area contributed by atoms with Crippen molar-refractivity contribution in [1.29, 1.82) is 0 Å². The highest BCUT2D eigenvalue weighted by Crippen LogP contribution is 2.13. The van der Waals surface area contributed by atoms with E-state index in [2.05, 4.69) is 10.3 Å². The summed E-state index contributed by atoms with van der Waals surface area (Å²) in [4.78, 5) is 4.18. The van der Waals surface area contributed by atoms with Gasteiger partial charge in [-0.15, -0.1) is 0 Å². The third-order valence-corrected chi connectivity index (χ3v) is 2.53. The molecule has 0 radical (unpaired) electrons. The Morgan fingerprint density at radius 1 is 1.53 bits per heavy atom. The molecule has 1 aromatic heterocycles. The van der Waals surface area contributed by atoms with Crippen molar-refractivity contribution in [2.24, 2.45) is 0 Å². The van der Waals surface area contributed by atoms with E-state index in [4.69, 9.17) is 14.2 Å². The Labute approximate surface area is 101 Å². The minimum Gasteiger partial charge on any atom is -0.478 e. The third kappa shape index (κ3) is 3.87. The van der Waals surface area contributed by atoms with Gasteiger partial charge in [-0.05, 0) is 19.4 Å². The van der Waals surface area contributed by atoms with Crippen LogP contribution in [0, 0.1) is 0 Å². The number of pyridine rings is 1. The molecule has 1 atom stereocenters. The Balaban J connectivity index is 1.77. The molecule has 0 aliphatic carbocycles. The molecule has 0 amide bonds. The smallest absolute Gasteiger partial charge is 0.213 e. The molecule has 17 heavy (non-hydrogen) atoms. The molecule has 5 heteroatoms. The monoisotopic (exact) mass is 238 g/mol. The summed E-state index contributed by atoms with van der Waals surface area (Å²) in [6, 6.07) is 3.81. The van der Waals surface area contributed by atoms with Crippen molar-refractivity contribution >= 4 is 5.69 Å². The molecule has 1 aliphatic rings. The van der Waals surface area contributed by atoms with Crippen molar-refractivity contribution in [3.8, 4) is 5.88 Å². The molecule has 94 valence electrons. The fourth-order valence-corrected chi connectivity index (χ4v) is 1.61. The Bertz CT molecular complexity index is 323. The molecule has 1 unspecified atom stereocenters. The van der Waals surface area contributed by atoms with Crippen LogP contribution in [0.3, 0.4) is 0 Å². The number of nitrogens with zero attached hydrogens (tertiary/aromatic N) is 1. The zero-order valence-corrected chi connectivity index (χ0v) is 10.0. The number of ether oxygens (including phenoxy) is 3. The summed E-state index contributed by atoms with van der Waals surface area (Å²) in [5.74, 6) is 0.653. The maximum Gasteiger partial charge on any atom is 0.213 e. The predicted octanol–water partition coefficient (Wildman–Crippen LogP) is 1.66. The van der Waals surface area contributed by atoms with Gasteiger partial charge in [0.05, 0.1) is 31.2 Å². The second kappa shape index (κ2) is 6.42. The van der Waals surface area contributed by atoms with E-state index in [0.29, 0.717) is 19.3 Å². The molecular weight excluding hydrogens is 220 g/mol. The van der Waals surface area contributed by atoms with Crippen molar-refractivity contribution in [3.05, 3.63) is 18.3 Å². The van der Waals surface area contributed by atoms with Gasteiger partial charge in [0.1, 0.15) is 6.79 Å². The molecule has 0 spiro atoms. The summed E-state index contributed by atoms with van der Waals surface area (Å²) in [5, 5.41) is 3.29. The van der Waals surface area contributed by atoms with Gasteiger partial charge in [0.25, 0.3) is 0 Å². The van der Waals surface area contributed by atoms with Crippen molar-refractivity contribution in [2.45, 2.75) is 19.4 Å². The van der Waals surface area contributed by atoms with E-state index in [1.54, 1.807) is 6.20 Å². The van der Waals surface area contributed by atoms with E-state index in [-0.39, 0.29) is 6.10 Å². The second-order valence-corrected chi connectivity index (χ2v) is 3.80. The van der Waals surface area contributed by atoms with Gasteiger partial charge in [-0.2, -0.15) is 0 Å². The normalized spacial score (nSPS) is 19.9. The topological polar surface area (TPSA) is 52.6 Å². The van der Waals surface area contributed by atoms with Crippen LogP contribution in [0.1, 0.15) is 13.3 Å². The minimum absolute atomic E-state index is 0.218. The van der Waals surface area contributed by atoms with Gasteiger partial charge in [-0.1, -0.05) is 0 Å². The second-order valence-electron chi connectivity index (χ2n) is 3.80. The van der Waals surface area contributed by atoms with Crippen LogP contribution in [-0.4, -0.2) is 37.6 Å². The van der Waals surface area contributed by atoms with Crippen molar-refractivity contribution in [1.82, 2.24) is 4.98 Å². The van der Waals surface area contributed by atoms with Crippen LogP contribution in [0.15, 0.2) is 18.3 Å².